The van der Waals surface area contributed by atoms with E-state index in [0.717, 1.165) is 23.6 Å². The number of hydrogen-bond acceptors (Lipinski definition) is 3. The fraction of sp³-hybridized carbons (Fsp3) is 0.417. The van der Waals surface area contributed by atoms with Gasteiger partial charge in [0.15, 0.2) is 0 Å². The van der Waals surface area contributed by atoms with Crippen LogP contribution in [-0.2, 0) is 19.9 Å². The summed E-state index contributed by atoms with van der Waals surface area (Å²) in [7, 11) is 1.90. The first kappa shape index (κ1) is 11.0. The monoisotopic (exact) mass is 219 g/mol. The Morgan fingerprint density at radius 1 is 1.44 bits per heavy atom. The Hall–Kier alpha value is -1.55. The highest BCUT2D eigenvalue weighted by Gasteiger charge is 2.12. The number of furan rings is 1. The lowest BCUT2D eigenvalue weighted by atomic mass is 10.1. The highest BCUT2D eigenvalue weighted by atomic mass is 16.3. The first-order valence-corrected chi connectivity index (χ1v) is 5.51. The quantitative estimate of drug-likeness (QED) is 0.853. The number of aromatic nitrogens is 2. The van der Waals surface area contributed by atoms with Gasteiger partial charge in [0.1, 0.15) is 11.5 Å². The summed E-state index contributed by atoms with van der Waals surface area (Å²) in [5.74, 6) is 1.81. The lowest BCUT2D eigenvalue weighted by Gasteiger charge is -2.06. The number of rotatable bonds is 4. The minimum Gasteiger partial charge on any atom is -0.464 e. The second-order valence-corrected chi connectivity index (χ2v) is 3.95. The van der Waals surface area contributed by atoms with Crippen LogP contribution in [0.3, 0.4) is 0 Å². The molecule has 0 amide bonds. The molecule has 0 saturated carbocycles. The number of hydrogen-bond donors (Lipinski definition) is 1. The van der Waals surface area contributed by atoms with Gasteiger partial charge in [-0.15, -0.1) is 0 Å². The predicted octanol–water partition coefficient (Wildman–Crippen LogP) is 1.82. The molecule has 2 rings (SSSR count). The molecule has 4 heteroatoms. The topological polar surface area (TPSA) is 57.0 Å². The molecule has 0 aliphatic rings. The van der Waals surface area contributed by atoms with Gasteiger partial charge < -0.3 is 10.2 Å². The van der Waals surface area contributed by atoms with Crippen LogP contribution in [0.25, 0.3) is 0 Å². The van der Waals surface area contributed by atoms with Gasteiger partial charge in [0, 0.05) is 26.1 Å². The van der Waals surface area contributed by atoms with E-state index in [1.165, 1.54) is 0 Å². The third kappa shape index (κ3) is 2.33. The normalized spacial score (nSPS) is 12.9. The van der Waals surface area contributed by atoms with Crippen LogP contribution in [0.5, 0.6) is 0 Å². The number of aryl methyl sites for hydroxylation is 2. The van der Waals surface area contributed by atoms with Crippen molar-refractivity contribution in [1.29, 1.82) is 0 Å². The van der Waals surface area contributed by atoms with Gasteiger partial charge in [-0.1, -0.05) is 6.92 Å². The standard InChI is InChI=1S/C12H17N3O/c1-3-10-4-5-12(16-10)11(13)8-9-6-7-15(2)14-9/h4-7,11H,3,8,13H2,1-2H3. The smallest absolute Gasteiger partial charge is 0.121 e. The van der Waals surface area contributed by atoms with Crippen molar-refractivity contribution >= 4 is 0 Å². The molecule has 2 aromatic rings. The molecule has 16 heavy (non-hydrogen) atoms. The van der Waals surface area contributed by atoms with E-state index in [4.69, 9.17) is 10.2 Å². The van der Waals surface area contributed by atoms with Gasteiger partial charge in [0.05, 0.1) is 11.7 Å². The molecule has 0 bridgehead atoms. The highest BCUT2D eigenvalue weighted by molar-refractivity contribution is 5.13. The zero-order valence-electron chi connectivity index (χ0n) is 9.68. The van der Waals surface area contributed by atoms with Crippen LogP contribution in [0.1, 0.15) is 30.2 Å². The van der Waals surface area contributed by atoms with E-state index in [9.17, 15) is 0 Å². The molecule has 0 spiro atoms. The van der Waals surface area contributed by atoms with Crippen LogP contribution >= 0.6 is 0 Å². The molecule has 0 radical (unpaired) electrons. The molecule has 4 nitrogen and oxygen atoms in total. The van der Waals surface area contributed by atoms with Crippen molar-refractivity contribution in [2.45, 2.75) is 25.8 Å². The van der Waals surface area contributed by atoms with Crippen molar-refractivity contribution in [2.75, 3.05) is 0 Å². The van der Waals surface area contributed by atoms with Crippen LogP contribution in [0, 0.1) is 0 Å². The molecule has 2 N–H and O–H groups in total. The van der Waals surface area contributed by atoms with Crippen molar-refractivity contribution in [2.24, 2.45) is 12.8 Å². The third-order valence-electron chi connectivity index (χ3n) is 2.59. The summed E-state index contributed by atoms with van der Waals surface area (Å²) in [6.45, 7) is 2.06. The van der Waals surface area contributed by atoms with Gasteiger partial charge in [0.2, 0.25) is 0 Å². The second-order valence-electron chi connectivity index (χ2n) is 3.95. The first-order chi connectivity index (χ1) is 7.69. The molecular formula is C12H17N3O. The van der Waals surface area contributed by atoms with Gasteiger partial charge in [0.25, 0.3) is 0 Å². The highest BCUT2D eigenvalue weighted by Crippen LogP contribution is 2.18. The van der Waals surface area contributed by atoms with Crippen LogP contribution in [0.4, 0.5) is 0 Å². The van der Waals surface area contributed by atoms with Crippen molar-refractivity contribution in [3.8, 4) is 0 Å². The van der Waals surface area contributed by atoms with Gasteiger partial charge in [-0.25, -0.2) is 0 Å². The lowest BCUT2D eigenvalue weighted by molar-refractivity contribution is 0.432. The number of nitrogens with two attached hydrogens (primary N) is 1. The minimum atomic E-state index is -0.116. The summed E-state index contributed by atoms with van der Waals surface area (Å²) >= 11 is 0. The summed E-state index contributed by atoms with van der Waals surface area (Å²) in [6, 6.07) is 5.79. The first-order valence-electron chi connectivity index (χ1n) is 5.51. The summed E-state index contributed by atoms with van der Waals surface area (Å²) in [6.07, 6.45) is 3.52. The molecule has 2 aromatic heterocycles. The lowest BCUT2D eigenvalue weighted by Crippen LogP contribution is -2.13. The Morgan fingerprint density at radius 2 is 2.25 bits per heavy atom. The summed E-state index contributed by atoms with van der Waals surface area (Å²) in [4.78, 5) is 0. The molecule has 0 fully saturated rings. The summed E-state index contributed by atoms with van der Waals surface area (Å²) < 4.78 is 7.39. The number of nitrogens with zero attached hydrogens (tertiary/aromatic N) is 2. The van der Waals surface area contributed by atoms with E-state index >= 15 is 0 Å². The molecule has 86 valence electrons. The second kappa shape index (κ2) is 4.53. The van der Waals surface area contributed by atoms with Crippen LogP contribution < -0.4 is 5.73 Å². The molecule has 0 saturated heterocycles. The van der Waals surface area contributed by atoms with Crippen LogP contribution in [0.2, 0.25) is 0 Å². The average molecular weight is 219 g/mol. The van der Waals surface area contributed by atoms with Gasteiger partial charge in [-0.3, -0.25) is 4.68 Å². The summed E-state index contributed by atoms with van der Waals surface area (Å²) in [5, 5.41) is 4.30. The zero-order chi connectivity index (χ0) is 11.5. The maximum atomic E-state index is 6.06. The maximum absolute atomic E-state index is 6.06. The van der Waals surface area contributed by atoms with E-state index in [2.05, 4.69) is 12.0 Å². The molecule has 1 unspecified atom stereocenters. The molecular weight excluding hydrogens is 202 g/mol. The van der Waals surface area contributed by atoms with E-state index < -0.39 is 0 Å². The van der Waals surface area contributed by atoms with Gasteiger partial charge in [-0.05, 0) is 18.2 Å². The Bertz CT molecular complexity index is 458. The fourth-order valence-electron chi connectivity index (χ4n) is 1.68. The van der Waals surface area contributed by atoms with E-state index in [1.807, 2.05) is 31.4 Å². The SMILES string of the molecule is CCc1ccc(C(N)Cc2ccn(C)n2)o1. The molecule has 0 aromatic carbocycles. The van der Waals surface area contributed by atoms with Crippen molar-refractivity contribution < 1.29 is 4.42 Å². The Balaban J connectivity index is 2.05. The van der Waals surface area contributed by atoms with E-state index in [1.54, 1.807) is 4.68 Å². The fourth-order valence-corrected chi connectivity index (χ4v) is 1.68. The largest absolute Gasteiger partial charge is 0.464 e. The van der Waals surface area contributed by atoms with Crippen LogP contribution in [-0.4, -0.2) is 9.78 Å². The van der Waals surface area contributed by atoms with Crippen molar-refractivity contribution in [3.05, 3.63) is 41.6 Å². The van der Waals surface area contributed by atoms with E-state index in [0.29, 0.717) is 6.42 Å². The third-order valence-corrected chi connectivity index (χ3v) is 2.59. The maximum Gasteiger partial charge on any atom is 0.121 e. The Morgan fingerprint density at radius 3 is 2.81 bits per heavy atom. The Labute approximate surface area is 95.1 Å². The van der Waals surface area contributed by atoms with Crippen molar-refractivity contribution in [3.63, 3.8) is 0 Å². The van der Waals surface area contributed by atoms with Crippen LogP contribution in [0.15, 0.2) is 28.8 Å². The predicted molar refractivity (Wildman–Crippen MR) is 61.9 cm³/mol. The molecule has 2 heterocycles. The summed E-state index contributed by atoms with van der Waals surface area (Å²) in [5.41, 5.74) is 7.05. The Kier molecular flexibility index (Phi) is 3.10. The average Bonchev–Trinajstić information content (AvgIpc) is 2.87. The van der Waals surface area contributed by atoms with Crippen molar-refractivity contribution in [1.82, 2.24) is 9.78 Å². The zero-order valence-corrected chi connectivity index (χ0v) is 9.68. The minimum absolute atomic E-state index is 0.116. The van der Waals surface area contributed by atoms with Gasteiger partial charge in [-0.2, -0.15) is 5.10 Å². The molecule has 0 aliphatic heterocycles. The molecule has 0 aliphatic carbocycles. The van der Waals surface area contributed by atoms with Gasteiger partial charge >= 0.3 is 0 Å². The molecule has 1 atom stereocenters. The van der Waals surface area contributed by atoms with E-state index in [-0.39, 0.29) is 6.04 Å².